The molecule has 1 aromatic rings. The summed E-state index contributed by atoms with van der Waals surface area (Å²) in [6.45, 7) is 8.04. The minimum Gasteiger partial charge on any atom is -0.384 e. The smallest absolute Gasteiger partial charge is 0.123 e. The number of rotatable bonds is 1. The third kappa shape index (κ3) is 2.78. The highest BCUT2D eigenvalue weighted by molar-refractivity contribution is 5.33. The first-order valence-electron chi connectivity index (χ1n) is 6.46. The van der Waals surface area contributed by atoms with Gasteiger partial charge < -0.3 is 5.73 Å². The molecule has 1 aromatic heterocycles. The molecule has 1 fully saturated rings. The maximum absolute atomic E-state index is 5.79. The molecule has 1 aliphatic heterocycles. The van der Waals surface area contributed by atoms with Crippen LogP contribution < -0.4 is 5.73 Å². The average molecular weight is 233 g/mol. The minimum atomic E-state index is 0.211. The predicted molar refractivity (Wildman–Crippen MR) is 71.7 cm³/mol. The van der Waals surface area contributed by atoms with Crippen molar-refractivity contribution in [3.8, 4) is 0 Å². The average Bonchev–Trinajstić information content (AvgIpc) is 2.28. The zero-order valence-electron chi connectivity index (χ0n) is 11.1. The molecule has 1 aliphatic rings. The van der Waals surface area contributed by atoms with Crippen molar-refractivity contribution in [3.05, 3.63) is 23.9 Å². The number of nitrogens with two attached hydrogens (primary N) is 1. The van der Waals surface area contributed by atoms with Gasteiger partial charge in [0.05, 0.1) is 0 Å². The maximum Gasteiger partial charge on any atom is 0.123 e. The number of piperidine rings is 1. The molecule has 1 saturated heterocycles. The van der Waals surface area contributed by atoms with Crippen molar-refractivity contribution < 1.29 is 0 Å². The summed E-state index contributed by atoms with van der Waals surface area (Å²) < 4.78 is 0. The molecule has 0 saturated carbocycles. The first-order chi connectivity index (χ1) is 7.98. The molecule has 0 unspecified atom stereocenters. The number of hydrogen-bond acceptors (Lipinski definition) is 3. The number of hydrogen-bond donors (Lipinski definition) is 1. The van der Waals surface area contributed by atoms with Gasteiger partial charge >= 0.3 is 0 Å². The molecule has 0 bridgehead atoms. The van der Waals surface area contributed by atoms with Gasteiger partial charge in [-0.3, -0.25) is 4.90 Å². The van der Waals surface area contributed by atoms with E-state index in [-0.39, 0.29) is 5.54 Å². The summed E-state index contributed by atoms with van der Waals surface area (Å²) in [5, 5.41) is 0. The van der Waals surface area contributed by atoms with Crippen LogP contribution in [0, 0.1) is 0 Å². The van der Waals surface area contributed by atoms with Gasteiger partial charge in [-0.2, -0.15) is 0 Å². The first kappa shape index (κ1) is 12.4. The van der Waals surface area contributed by atoms with Crippen LogP contribution in [0.1, 0.15) is 51.6 Å². The van der Waals surface area contributed by atoms with Crippen LogP contribution in [0.25, 0.3) is 0 Å². The summed E-state index contributed by atoms with van der Waals surface area (Å²) in [7, 11) is 0. The molecular formula is C14H23N3. The quantitative estimate of drug-likeness (QED) is 0.811. The summed E-state index contributed by atoms with van der Waals surface area (Å²) >= 11 is 0. The van der Waals surface area contributed by atoms with Crippen LogP contribution in [0.5, 0.6) is 0 Å². The van der Waals surface area contributed by atoms with Crippen molar-refractivity contribution >= 4 is 5.82 Å². The summed E-state index contributed by atoms with van der Waals surface area (Å²) in [6, 6.07) is 4.62. The Balaban J connectivity index is 2.28. The van der Waals surface area contributed by atoms with Gasteiger partial charge in [-0.05, 0) is 57.9 Å². The second kappa shape index (κ2) is 4.65. The number of likely N-dealkylation sites (tertiary alicyclic amines) is 1. The molecule has 17 heavy (non-hydrogen) atoms. The number of aromatic nitrogens is 1. The van der Waals surface area contributed by atoms with Gasteiger partial charge in [0.1, 0.15) is 5.82 Å². The van der Waals surface area contributed by atoms with E-state index in [1.165, 1.54) is 31.4 Å². The Bertz CT molecular complexity index is 381. The molecule has 2 rings (SSSR count). The van der Waals surface area contributed by atoms with Gasteiger partial charge in [0.25, 0.3) is 0 Å². The normalized spacial score (nSPS) is 22.6. The molecule has 3 nitrogen and oxygen atoms in total. The molecule has 0 aromatic carbocycles. The number of pyridine rings is 1. The van der Waals surface area contributed by atoms with Crippen LogP contribution in [0.3, 0.4) is 0 Å². The summed E-state index contributed by atoms with van der Waals surface area (Å²) in [5.41, 5.74) is 7.31. The fourth-order valence-electron chi connectivity index (χ4n) is 2.75. The van der Waals surface area contributed by atoms with Crippen LogP contribution in [-0.2, 0) is 0 Å². The van der Waals surface area contributed by atoms with E-state index in [1.54, 1.807) is 0 Å². The molecular weight excluding hydrogens is 210 g/mol. The van der Waals surface area contributed by atoms with Gasteiger partial charge in [0.15, 0.2) is 0 Å². The van der Waals surface area contributed by atoms with Crippen LogP contribution in [0.4, 0.5) is 5.82 Å². The van der Waals surface area contributed by atoms with Gasteiger partial charge in [0, 0.05) is 17.8 Å². The fourth-order valence-corrected chi connectivity index (χ4v) is 2.75. The highest BCUT2D eigenvalue weighted by Gasteiger charge is 2.31. The number of nitrogens with zero attached hydrogens (tertiary/aromatic N) is 2. The fraction of sp³-hybridized carbons (Fsp3) is 0.643. The lowest BCUT2D eigenvalue weighted by atomic mass is 9.90. The van der Waals surface area contributed by atoms with Crippen LogP contribution in [0.15, 0.2) is 18.3 Å². The summed E-state index contributed by atoms with van der Waals surface area (Å²) in [4.78, 5) is 6.67. The van der Waals surface area contributed by atoms with E-state index in [0.29, 0.717) is 11.9 Å². The molecule has 0 radical (unpaired) electrons. The second-order valence-corrected chi connectivity index (χ2v) is 5.89. The van der Waals surface area contributed by atoms with E-state index in [2.05, 4.69) is 36.7 Å². The molecule has 0 spiro atoms. The molecule has 3 heteroatoms. The van der Waals surface area contributed by atoms with Gasteiger partial charge in [0.2, 0.25) is 0 Å². The zero-order chi connectivity index (χ0) is 12.5. The lowest BCUT2D eigenvalue weighted by Gasteiger charge is -2.45. The van der Waals surface area contributed by atoms with E-state index in [9.17, 15) is 0 Å². The van der Waals surface area contributed by atoms with Gasteiger partial charge in [-0.1, -0.05) is 6.42 Å². The predicted octanol–water partition coefficient (Wildman–Crippen LogP) is 2.99. The molecule has 2 heterocycles. The minimum absolute atomic E-state index is 0.211. The molecule has 0 aliphatic carbocycles. The Morgan fingerprint density at radius 1 is 1.35 bits per heavy atom. The number of anilines is 1. The standard InChI is InChI=1S/C14H23N3/c1-14(2,3)17-9-5-4-6-12(17)11-7-8-16-13(15)10-11/h7-8,10,12H,4-6,9H2,1-3H3,(H2,15,16)/t12-/m0/s1. The molecule has 94 valence electrons. The third-order valence-corrected chi connectivity index (χ3v) is 3.55. The highest BCUT2D eigenvalue weighted by atomic mass is 15.2. The van der Waals surface area contributed by atoms with E-state index < -0.39 is 0 Å². The lowest BCUT2D eigenvalue weighted by molar-refractivity contribution is 0.0509. The van der Waals surface area contributed by atoms with E-state index in [1.807, 2.05) is 12.3 Å². The largest absolute Gasteiger partial charge is 0.384 e. The lowest BCUT2D eigenvalue weighted by Crippen LogP contribution is -2.46. The second-order valence-electron chi connectivity index (χ2n) is 5.89. The Kier molecular flexibility index (Phi) is 3.38. The first-order valence-corrected chi connectivity index (χ1v) is 6.46. The van der Waals surface area contributed by atoms with Crippen molar-refractivity contribution in [3.63, 3.8) is 0 Å². The van der Waals surface area contributed by atoms with Crippen molar-refractivity contribution in [2.24, 2.45) is 0 Å². The highest BCUT2D eigenvalue weighted by Crippen LogP contribution is 2.36. The Labute approximate surface area is 104 Å². The third-order valence-electron chi connectivity index (χ3n) is 3.55. The van der Waals surface area contributed by atoms with Crippen molar-refractivity contribution in [2.75, 3.05) is 12.3 Å². The monoisotopic (exact) mass is 233 g/mol. The zero-order valence-corrected chi connectivity index (χ0v) is 11.1. The van der Waals surface area contributed by atoms with E-state index >= 15 is 0 Å². The van der Waals surface area contributed by atoms with Crippen LogP contribution >= 0.6 is 0 Å². The Morgan fingerprint density at radius 2 is 2.12 bits per heavy atom. The number of nitrogen functional groups attached to an aromatic ring is 1. The van der Waals surface area contributed by atoms with Crippen molar-refractivity contribution in [1.82, 2.24) is 9.88 Å². The maximum atomic E-state index is 5.79. The van der Waals surface area contributed by atoms with Crippen molar-refractivity contribution in [1.29, 1.82) is 0 Å². The molecule has 1 atom stereocenters. The van der Waals surface area contributed by atoms with Gasteiger partial charge in [-0.15, -0.1) is 0 Å². The van der Waals surface area contributed by atoms with E-state index in [0.717, 1.165) is 0 Å². The Hall–Kier alpha value is -1.09. The summed E-state index contributed by atoms with van der Waals surface area (Å²) in [6.07, 6.45) is 5.65. The van der Waals surface area contributed by atoms with Gasteiger partial charge in [-0.25, -0.2) is 4.98 Å². The van der Waals surface area contributed by atoms with Crippen LogP contribution in [0.2, 0.25) is 0 Å². The molecule has 0 amide bonds. The summed E-state index contributed by atoms with van der Waals surface area (Å²) in [5.74, 6) is 0.627. The van der Waals surface area contributed by atoms with Crippen molar-refractivity contribution in [2.45, 2.75) is 51.6 Å². The molecule has 2 N–H and O–H groups in total. The van der Waals surface area contributed by atoms with E-state index in [4.69, 9.17) is 5.73 Å². The SMILES string of the molecule is CC(C)(C)N1CCCC[C@H]1c1ccnc(N)c1. The Morgan fingerprint density at radius 3 is 2.76 bits per heavy atom. The topological polar surface area (TPSA) is 42.2 Å². The van der Waals surface area contributed by atoms with Crippen LogP contribution in [-0.4, -0.2) is 22.0 Å².